The van der Waals surface area contributed by atoms with E-state index in [9.17, 15) is 22.0 Å². The average Bonchev–Trinajstić information content (AvgIpc) is 2.23. The molecule has 2 N–H and O–H groups in total. The van der Waals surface area contributed by atoms with Gasteiger partial charge in [-0.25, -0.2) is 8.78 Å². The molecule has 0 aromatic heterocycles. The van der Waals surface area contributed by atoms with Crippen molar-refractivity contribution < 1.29 is 22.0 Å². The predicted molar refractivity (Wildman–Crippen MR) is 72.2 cm³/mol. The maximum Gasteiger partial charge on any atom is 0.405 e. The summed E-state index contributed by atoms with van der Waals surface area (Å²) in [7, 11) is 0. The lowest BCUT2D eigenvalue weighted by molar-refractivity contribution is -0.120. The Hall–Kier alpha value is -1.37. The van der Waals surface area contributed by atoms with Gasteiger partial charge in [-0.2, -0.15) is 13.2 Å². The fourth-order valence-corrected chi connectivity index (χ4v) is 2.10. The van der Waals surface area contributed by atoms with Gasteiger partial charge >= 0.3 is 6.18 Å². The van der Waals surface area contributed by atoms with Gasteiger partial charge in [-0.3, -0.25) is 0 Å². The van der Waals surface area contributed by atoms with Crippen molar-refractivity contribution in [3.8, 4) is 0 Å². The molecule has 1 aromatic carbocycles. The Labute approximate surface area is 120 Å². The molecule has 0 fully saturated rings. The molecule has 0 radical (unpaired) electrons. The van der Waals surface area contributed by atoms with Gasteiger partial charge in [0.2, 0.25) is 0 Å². The van der Waals surface area contributed by atoms with Crippen LogP contribution in [0, 0.1) is 11.6 Å². The minimum absolute atomic E-state index is 0.245. The molecule has 7 heteroatoms. The summed E-state index contributed by atoms with van der Waals surface area (Å²) in [6, 6.07) is 1.07. The van der Waals surface area contributed by atoms with Gasteiger partial charge < -0.3 is 10.6 Å². The Morgan fingerprint density at radius 3 is 1.90 bits per heavy atom. The highest BCUT2D eigenvalue weighted by Gasteiger charge is 2.34. The first-order valence-electron chi connectivity index (χ1n) is 6.58. The lowest BCUT2D eigenvalue weighted by Crippen LogP contribution is -2.40. The molecule has 0 aliphatic rings. The SMILES string of the molecule is CC(N)Cc1cc(F)c(N(CC(F)(F)F)C(C)C)c(F)c1. The van der Waals surface area contributed by atoms with Crippen LogP contribution in [-0.2, 0) is 6.42 Å². The molecule has 1 unspecified atom stereocenters. The van der Waals surface area contributed by atoms with E-state index in [4.69, 9.17) is 5.73 Å². The highest BCUT2D eigenvalue weighted by Crippen LogP contribution is 2.30. The zero-order valence-electron chi connectivity index (χ0n) is 12.1. The number of anilines is 1. The van der Waals surface area contributed by atoms with Crippen LogP contribution in [-0.4, -0.2) is 24.8 Å². The van der Waals surface area contributed by atoms with Gasteiger partial charge in [0.05, 0.1) is 0 Å². The largest absolute Gasteiger partial charge is 0.405 e. The first-order chi connectivity index (χ1) is 9.51. The van der Waals surface area contributed by atoms with Crippen LogP contribution in [0.3, 0.4) is 0 Å². The summed E-state index contributed by atoms with van der Waals surface area (Å²) in [5.74, 6) is -2.02. The average molecular weight is 310 g/mol. The third kappa shape index (κ3) is 5.15. The smallest absolute Gasteiger partial charge is 0.355 e. The van der Waals surface area contributed by atoms with Crippen molar-refractivity contribution in [2.24, 2.45) is 5.73 Å². The fraction of sp³-hybridized carbons (Fsp3) is 0.571. The van der Waals surface area contributed by atoms with E-state index in [0.29, 0.717) is 10.5 Å². The summed E-state index contributed by atoms with van der Waals surface area (Å²) in [6.07, 6.45) is -4.30. The Morgan fingerprint density at radius 2 is 1.57 bits per heavy atom. The summed E-state index contributed by atoms with van der Waals surface area (Å²) < 4.78 is 65.8. The molecule has 1 rings (SSSR count). The molecule has 1 atom stereocenters. The highest BCUT2D eigenvalue weighted by atomic mass is 19.4. The van der Waals surface area contributed by atoms with Crippen molar-refractivity contribution in [3.63, 3.8) is 0 Å². The van der Waals surface area contributed by atoms with Gasteiger partial charge in [-0.05, 0) is 44.9 Å². The molecule has 0 bridgehead atoms. The van der Waals surface area contributed by atoms with Gasteiger partial charge in [0.25, 0.3) is 0 Å². The normalized spacial score (nSPS) is 13.6. The standard InChI is InChI=1S/C14H19F5N2/c1-8(2)21(7-14(17,18)19)13-11(15)5-10(4-9(3)20)6-12(13)16/h5-6,8-9H,4,7,20H2,1-3H3. The number of hydrogen-bond acceptors (Lipinski definition) is 2. The van der Waals surface area contributed by atoms with E-state index < -0.39 is 36.1 Å². The summed E-state index contributed by atoms with van der Waals surface area (Å²) >= 11 is 0. The monoisotopic (exact) mass is 310 g/mol. The molecular formula is C14H19F5N2. The van der Waals surface area contributed by atoms with Crippen molar-refractivity contribution in [1.29, 1.82) is 0 Å². The number of alkyl halides is 3. The van der Waals surface area contributed by atoms with Crippen molar-refractivity contribution in [2.45, 2.75) is 45.5 Å². The van der Waals surface area contributed by atoms with E-state index in [2.05, 4.69) is 0 Å². The molecule has 0 aliphatic heterocycles. The third-order valence-electron chi connectivity index (χ3n) is 2.89. The van der Waals surface area contributed by atoms with E-state index in [1.165, 1.54) is 13.8 Å². The van der Waals surface area contributed by atoms with E-state index in [0.717, 1.165) is 12.1 Å². The number of benzene rings is 1. The predicted octanol–water partition coefficient (Wildman–Crippen LogP) is 3.63. The van der Waals surface area contributed by atoms with Crippen molar-refractivity contribution in [2.75, 3.05) is 11.4 Å². The van der Waals surface area contributed by atoms with Gasteiger partial charge in [-0.1, -0.05) is 0 Å². The first-order valence-corrected chi connectivity index (χ1v) is 6.58. The molecular weight excluding hydrogens is 291 g/mol. The number of nitrogens with zero attached hydrogens (tertiary/aromatic N) is 1. The molecule has 120 valence electrons. The Kier molecular flexibility index (Phi) is 5.55. The highest BCUT2D eigenvalue weighted by molar-refractivity contribution is 5.51. The topological polar surface area (TPSA) is 29.3 Å². The summed E-state index contributed by atoms with van der Waals surface area (Å²) in [4.78, 5) is 0.667. The number of hydrogen-bond donors (Lipinski definition) is 1. The molecule has 0 aliphatic carbocycles. The molecule has 0 spiro atoms. The van der Waals surface area contributed by atoms with Crippen LogP contribution < -0.4 is 10.6 Å². The summed E-state index contributed by atoms with van der Waals surface area (Å²) in [5, 5.41) is 0. The van der Waals surface area contributed by atoms with Crippen LogP contribution in [0.1, 0.15) is 26.3 Å². The Balaban J connectivity index is 3.20. The maximum atomic E-state index is 14.1. The molecule has 0 saturated heterocycles. The van der Waals surface area contributed by atoms with Crippen LogP contribution in [0.5, 0.6) is 0 Å². The second-order valence-corrected chi connectivity index (χ2v) is 5.43. The van der Waals surface area contributed by atoms with Crippen LogP contribution in [0.4, 0.5) is 27.6 Å². The van der Waals surface area contributed by atoms with Gasteiger partial charge in [0, 0.05) is 12.1 Å². The van der Waals surface area contributed by atoms with Crippen LogP contribution >= 0.6 is 0 Å². The molecule has 2 nitrogen and oxygen atoms in total. The van der Waals surface area contributed by atoms with Crippen LogP contribution in [0.25, 0.3) is 0 Å². The van der Waals surface area contributed by atoms with E-state index in [-0.39, 0.29) is 12.5 Å². The van der Waals surface area contributed by atoms with Gasteiger partial charge in [0.1, 0.15) is 23.9 Å². The second-order valence-electron chi connectivity index (χ2n) is 5.43. The first kappa shape index (κ1) is 17.7. The maximum absolute atomic E-state index is 14.1. The zero-order valence-corrected chi connectivity index (χ0v) is 12.1. The third-order valence-corrected chi connectivity index (χ3v) is 2.89. The zero-order chi connectivity index (χ0) is 16.4. The molecule has 1 aromatic rings. The minimum Gasteiger partial charge on any atom is -0.355 e. The Bertz CT molecular complexity index is 460. The molecule has 21 heavy (non-hydrogen) atoms. The lowest BCUT2D eigenvalue weighted by Gasteiger charge is -2.30. The summed E-state index contributed by atoms with van der Waals surface area (Å²) in [6.45, 7) is 3.15. The lowest BCUT2D eigenvalue weighted by atomic mass is 10.1. The van der Waals surface area contributed by atoms with Crippen molar-refractivity contribution >= 4 is 5.69 Å². The van der Waals surface area contributed by atoms with E-state index >= 15 is 0 Å². The van der Waals surface area contributed by atoms with Gasteiger partial charge in [-0.15, -0.1) is 0 Å². The van der Waals surface area contributed by atoms with Crippen LogP contribution in [0.15, 0.2) is 12.1 Å². The molecule has 0 heterocycles. The molecule has 0 saturated carbocycles. The van der Waals surface area contributed by atoms with E-state index in [1.807, 2.05) is 0 Å². The number of rotatable bonds is 5. The fourth-order valence-electron chi connectivity index (χ4n) is 2.10. The van der Waals surface area contributed by atoms with Crippen LogP contribution in [0.2, 0.25) is 0 Å². The number of nitrogens with two attached hydrogens (primary N) is 1. The quantitative estimate of drug-likeness (QED) is 0.842. The summed E-state index contributed by atoms with van der Waals surface area (Å²) in [5.41, 5.74) is 5.21. The van der Waals surface area contributed by atoms with E-state index in [1.54, 1.807) is 6.92 Å². The van der Waals surface area contributed by atoms with Crippen molar-refractivity contribution in [1.82, 2.24) is 0 Å². The van der Waals surface area contributed by atoms with Crippen molar-refractivity contribution in [3.05, 3.63) is 29.3 Å². The number of halogens is 5. The Morgan fingerprint density at radius 1 is 1.10 bits per heavy atom. The second kappa shape index (κ2) is 6.60. The molecule has 0 amide bonds. The minimum atomic E-state index is -4.55. The van der Waals surface area contributed by atoms with Gasteiger partial charge in [0.15, 0.2) is 0 Å².